The lowest BCUT2D eigenvalue weighted by molar-refractivity contribution is -0.132. The van der Waals surface area contributed by atoms with E-state index in [4.69, 9.17) is 0 Å². The van der Waals surface area contributed by atoms with Gasteiger partial charge in [0.15, 0.2) is 10.9 Å². The van der Waals surface area contributed by atoms with Crippen LogP contribution < -0.4 is 5.32 Å². The van der Waals surface area contributed by atoms with Crippen molar-refractivity contribution < 1.29 is 9.59 Å². The predicted octanol–water partition coefficient (Wildman–Crippen LogP) is 3.02. The number of aromatic nitrogens is 2. The summed E-state index contributed by atoms with van der Waals surface area (Å²) < 4.78 is 1.90. The first-order valence-corrected chi connectivity index (χ1v) is 11.0. The lowest BCUT2D eigenvalue weighted by Gasteiger charge is -2.24. The summed E-state index contributed by atoms with van der Waals surface area (Å²) in [6.07, 6.45) is 6.31. The van der Waals surface area contributed by atoms with E-state index in [1.54, 1.807) is 0 Å². The van der Waals surface area contributed by atoms with Crippen molar-refractivity contribution in [2.75, 3.05) is 19.3 Å². The van der Waals surface area contributed by atoms with Crippen LogP contribution in [0.3, 0.4) is 0 Å². The van der Waals surface area contributed by atoms with Crippen molar-refractivity contribution >= 4 is 29.1 Å². The monoisotopic (exact) mass is 408 g/mol. The normalized spacial score (nSPS) is 14.9. The van der Waals surface area contributed by atoms with Gasteiger partial charge in [0.2, 0.25) is 5.91 Å². The zero-order valence-electron chi connectivity index (χ0n) is 16.4. The van der Waals surface area contributed by atoms with Gasteiger partial charge in [-0.05, 0) is 36.8 Å². The molecular weight excluding hydrogens is 384 g/mol. The van der Waals surface area contributed by atoms with E-state index >= 15 is 0 Å². The average Bonchev–Trinajstić information content (AvgIpc) is 3.41. The Morgan fingerprint density at radius 2 is 1.83 bits per heavy atom. The van der Waals surface area contributed by atoms with Crippen LogP contribution >= 0.6 is 11.8 Å². The molecule has 29 heavy (non-hydrogen) atoms. The SMILES string of the molecule is CSc1nc(C(=O)NC(Cc2ccccc2)C(=O)N2CCCC2)c2ccccn12. The van der Waals surface area contributed by atoms with Crippen molar-refractivity contribution in [3.63, 3.8) is 0 Å². The zero-order chi connectivity index (χ0) is 20.2. The van der Waals surface area contributed by atoms with Crippen molar-refractivity contribution in [3.05, 3.63) is 66.0 Å². The van der Waals surface area contributed by atoms with Crippen LogP contribution in [0.4, 0.5) is 0 Å². The number of fused-ring (bicyclic) bond motifs is 1. The smallest absolute Gasteiger partial charge is 0.272 e. The van der Waals surface area contributed by atoms with Crippen LogP contribution in [0, 0.1) is 0 Å². The summed E-state index contributed by atoms with van der Waals surface area (Å²) in [6.45, 7) is 1.51. The topological polar surface area (TPSA) is 66.7 Å². The number of rotatable bonds is 6. The molecule has 3 aromatic rings. The molecule has 0 bridgehead atoms. The van der Waals surface area contributed by atoms with Gasteiger partial charge in [-0.2, -0.15) is 0 Å². The minimum absolute atomic E-state index is 0.0201. The Kier molecular flexibility index (Phi) is 5.85. The molecule has 0 aliphatic carbocycles. The molecule has 0 saturated carbocycles. The van der Waals surface area contributed by atoms with Crippen molar-refractivity contribution in [3.8, 4) is 0 Å². The molecule has 1 unspecified atom stereocenters. The molecule has 2 amide bonds. The second kappa shape index (κ2) is 8.69. The molecule has 4 rings (SSSR count). The summed E-state index contributed by atoms with van der Waals surface area (Å²) in [6, 6.07) is 14.9. The number of nitrogens with zero attached hydrogens (tertiary/aromatic N) is 3. The lowest BCUT2D eigenvalue weighted by Crippen LogP contribution is -2.49. The summed E-state index contributed by atoms with van der Waals surface area (Å²) in [5.41, 5.74) is 2.11. The Hall–Kier alpha value is -2.80. The number of carbonyl (C=O) groups is 2. The molecule has 2 aromatic heterocycles. The Morgan fingerprint density at radius 1 is 1.10 bits per heavy atom. The number of likely N-dealkylation sites (tertiary alicyclic amines) is 1. The second-order valence-electron chi connectivity index (χ2n) is 7.15. The molecule has 1 aromatic carbocycles. The van der Waals surface area contributed by atoms with Gasteiger partial charge in [-0.25, -0.2) is 4.98 Å². The fourth-order valence-corrected chi connectivity index (χ4v) is 4.29. The van der Waals surface area contributed by atoms with E-state index in [-0.39, 0.29) is 11.8 Å². The highest BCUT2D eigenvalue weighted by Gasteiger charge is 2.29. The van der Waals surface area contributed by atoms with Gasteiger partial charge in [0.1, 0.15) is 6.04 Å². The first-order valence-electron chi connectivity index (χ1n) is 9.82. The van der Waals surface area contributed by atoms with Crippen LogP contribution in [0.5, 0.6) is 0 Å². The molecule has 1 aliphatic heterocycles. The number of thioether (sulfide) groups is 1. The van der Waals surface area contributed by atoms with Gasteiger partial charge in [-0.3, -0.25) is 14.0 Å². The number of imidazole rings is 1. The van der Waals surface area contributed by atoms with Crippen LogP contribution in [0.1, 0.15) is 28.9 Å². The number of pyridine rings is 1. The third kappa shape index (κ3) is 4.15. The Morgan fingerprint density at radius 3 is 2.55 bits per heavy atom. The van der Waals surface area contributed by atoms with Crippen LogP contribution in [0.15, 0.2) is 59.9 Å². The molecule has 7 heteroatoms. The molecule has 3 heterocycles. The molecule has 1 aliphatic rings. The third-order valence-electron chi connectivity index (χ3n) is 5.22. The number of nitrogens with one attached hydrogen (secondary N) is 1. The number of carbonyl (C=O) groups excluding carboxylic acids is 2. The van der Waals surface area contributed by atoms with Crippen LogP contribution in [0.2, 0.25) is 0 Å². The summed E-state index contributed by atoms with van der Waals surface area (Å²) >= 11 is 1.48. The van der Waals surface area contributed by atoms with Gasteiger partial charge >= 0.3 is 0 Å². The maximum atomic E-state index is 13.1. The van der Waals surface area contributed by atoms with E-state index in [1.807, 2.05) is 70.3 Å². The third-order valence-corrected chi connectivity index (χ3v) is 5.87. The fourth-order valence-electron chi connectivity index (χ4n) is 3.76. The Balaban J connectivity index is 1.61. The minimum Gasteiger partial charge on any atom is -0.341 e. The molecular formula is C22H24N4O2S. The predicted molar refractivity (Wildman–Crippen MR) is 114 cm³/mol. The molecule has 6 nitrogen and oxygen atoms in total. The van der Waals surface area contributed by atoms with Gasteiger partial charge in [-0.15, -0.1) is 0 Å². The van der Waals surface area contributed by atoms with Crippen molar-refractivity contribution in [2.45, 2.75) is 30.5 Å². The lowest BCUT2D eigenvalue weighted by atomic mass is 10.0. The zero-order valence-corrected chi connectivity index (χ0v) is 17.2. The van der Waals surface area contributed by atoms with Gasteiger partial charge in [0.05, 0.1) is 5.52 Å². The van der Waals surface area contributed by atoms with Gasteiger partial charge in [-0.1, -0.05) is 48.2 Å². The van der Waals surface area contributed by atoms with Crippen LogP contribution in [-0.2, 0) is 11.2 Å². The maximum Gasteiger partial charge on any atom is 0.272 e. The van der Waals surface area contributed by atoms with Gasteiger partial charge in [0, 0.05) is 25.7 Å². The Bertz CT molecular complexity index is 1010. The number of hydrogen-bond donors (Lipinski definition) is 1. The summed E-state index contributed by atoms with van der Waals surface area (Å²) in [4.78, 5) is 32.6. The number of amides is 2. The van der Waals surface area contributed by atoms with Crippen molar-refractivity contribution in [2.24, 2.45) is 0 Å². The summed E-state index contributed by atoms with van der Waals surface area (Å²) in [7, 11) is 0. The highest BCUT2D eigenvalue weighted by molar-refractivity contribution is 7.98. The van der Waals surface area contributed by atoms with Crippen LogP contribution in [0.25, 0.3) is 5.52 Å². The van der Waals surface area contributed by atoms with E-state index in [9.17, 15) is 9.59 Å². The van der Waals surface area contributed by atoms with E-state index in [2.05, 4.69) is 10.3 Å². The Labute approximate surface area is 174 Å². The molecule has 1 atom stereocenters. The van der Waals surface area contributed by atoms with E-state index in [0.717, 1.165) is 42.2 Å². The van der Waals surface area contributed by atoms with Crippen molar-refractivity contribution in [1.29, 1.82) is 0 Å². The van der Waals surface area contributed by atoms with E-state index in [1.165, 1.54) is 11.8 Å². The molecule has 0 spiro atoms. The first kappa shape index (κ1) is 19.5. The molecule has 1 saturated heterocycles. The minimum atomic E-state index is -0.610. The molecule has 1 N–H and O–H groups in total. The standard InChI is InChI=1S/C22H24N4O2S/c1-29-22-24-19(18-11-5-6-14-26(18)22)20(27)23-17(15-16-9-3-2-4-10-16)21(28)25-12-7-8-13-25/h2-6,9-11,14,17H,7-8,12-13,15H2,1H3,(H,23,27). The molecule has 1 fully saturated rings. The number of benzene rings is 1. The molecule has 0 radical (unpaired) electrons. The van der Waals surface area contributed by atoms with Gasteiger partial charge in [0.25, 0.3) is 5.91 Å². The van der Waals surface area contributed by atoms with E-state index < -0.39 is 6.04 Å². The van der Waals surface area contributed by atoms with Crippen molar-refractivity contribution in [1.82, 2.24) is 19.6 Å². The van der Waals surface area contributed by atoms with Crippen LogP contribution in [-0.4, -0.2) is 51.5 Å². The van der Waals surface area contributed by atoms with E-state index in [0.29, 0.717) is 12.1 Å². The number of hydrogen-bond acceptors (Lipinski definition) is 4. The first-order chi connectivity index (χ1) is 14.2. The van der Waals surface area contributed by atoms with Gasteiger partial charge < -0.3 is 10.2 Å². The average molecular weight is 409 g/mol. The largest absolute Gasteiger partial charge is 0.341 e. The quantitative estimate of drug-likeness (QED) is 0.637. The summed E-state index contributed by atoms with van der Waals surface area (Å²) in [5.74, 6) is -0.337. The maximum absolute atomic E-state index is 13.1. The second-order valence-corrected chi connectivity index (χ2v) is 7.92. The molecule has 150 valence electrons. The highest BCUT2D eigenvalue weighted by Crippen LogP contribution is 2.20. The fraction of sp³-hybridized carbons (Fsp3) is 0.318. The summed E-state index contributed by atoms with van der Waals surface area (Å²) in [5, 5.41) is 3.72. The highest BCUT2D eigenvalue weighted by atomic mass is 32.2.